The van der Waals surface area contributed by atoms with Gasteiger partial charge in [-0.15, -0.1) is 0 Å². The van der Waals surface area contributed by atoms with Gasteiger partial charge in [-0.3, -0.25) is 4.79 Å². The van der Waals surface area contributed by atoms with Gasteiger partial charge in [0.1, 0.15) is 6.61 Å². The number of nitrogens with zero attached hydrogens (tertiary/aromatic N) is 1. The Morgan fingerprint density at radius 1 is 0.921 bits per heavy atom. The van der Waals surface area contributed by atoms with E-state index in [0.29, 0.717) is 36.2 Å². The van der Waals surface area contributed by atoms with Crippen LogP contribution in [0.15, 0.2) is 82.4 Å². The van der Waals surface area contributed by atoms with Gasteiger partial charge in [-0.05, 0) is 74.6 Å². The number of nitrogens with one attached hydrogen (secondary N) is 1. The first-order chi connectivity index (χ1) is 18.5. The van der Waals surface area contributed by atoms with Crippen LogP contribution >= 0.6 is 15.9 Å². The van der Waals surface area contributed by atoms with Crippen LogP contribution in [0.4, 0.5) is 0 Å². The third-order valence-corrected chi connectivity index (χ3v) is 6.39. The van der Waals surface area contributed by atoms with E-state index in [-0.39, 0.29) is 12.3 Å². The standard InChI is InChI=1S/C30H29BrN2O5/c1-4-37-28-16-21(18-32-33-29(34)17-20-12-13-26(35-2)27(15-20)36-3)14-25(31)30(28)38-19-23-10-7-9-22-8-5-6-11-24(22)23/h5-16,18H,4,17,19H2,1-3H3,(H,33,34)/b32-18+. The summed E-state index contributed by atoms with van der Waals surface area (Å²) in [5.74, 6) is 2.11. The molecular weight excluding hydrogens is 548 g/mol. The Bertz CT molecular complexity index is 1450. The number of halogens is 1. The zero-order chi connectivity index (χ0) is 26.9. The van der Waals surface area contributed by atoms with E-state index >= 15 is 0 Å². The first kappa shape index (κ1) is 27.0. The molecule has 4 aromatic carbocycles. The quantitative estimate of drug-likeness (QED) is 0.168. The molecule has 38 heavy (non-hydrogen) atoms. The largest absolute Gasteiger partial charge is 0.493 e. The van der Waals surface area contributed by atoms with Gasteiger partial charge in [-0.2, -0.15) is 5.10 Å². The van der Waals surface area contributed by atoms with Crippen molar-refractivity contribution in [2.45, 2.75) is 20.0 Å². The Hall–Kier alpha value is -4.04. The van der Waals surface area contributed by atoms with Crippen molar-refractivity contribution in [1.29, 1.82) is 0 Å². The van der Waals surface area contributed by atoms with Crippen molar-refractivity contribution in [2.24, 2.45) is 5.10 Å². The zero-order valence-corrected chi connectivity index (χ0v) is 23.1. The molecule has 0 aliphatic carbocycles. The van der Waals surface area contributed by atoms with Crippen molar-refractivity contribution in [3.63, 3.8) is 0 Å². The Morgan fingerprint density at radius 3 is 2.50 bits per heavy atom. The van der Waals surface area contributed by atoms with Crippen LogP contribution in [0.25, 0.3) is 10.8 Å². The second-order valence-corrected chi connectivity index (χ2v) is 9.20. The van der Waals surface area contributed by atoms with Gasteiger partial charge in [-0.25, -0.2) is 5.43 Å². The highest BCUT2D eigenvalue weighted by molar-refractivity contribution is 9.10. The summed E-state index contributed by atoms with van der Waals surface area (Å²) in [5, 5.41) is 6.43. The number of carbonyl (C=O) groups excluding carboxylic acids is 1. The number of carbonyl (C=O) groups is 1. The summed E-state index contributed by atoms with van der Waals surface area (Å²) in [7, 11) is 3.12. The van der Waals surface area contributed by atoms with Gasteiger partial charge in [0, 0.05) is 0 Å². The predicted molar refractivity (Wildman–Crippen MR) is 153 cm³/mol. The molecular formula is C30H29BrN2O5. The normalized spacial score (nSPS) is 10.9. The molecule has 7 nitrogen and oxygen atoms in total. The third-order valence-electron chi connectivity index (χ3n) is 5.80. The minimum absolute atomic E-state index is 0.145. The zero-order valence-electron chi connectivity index (χ0n) is 21.5. The van der Waals surface area contributed by atoms with Crippen molar-refractivity contribution in [2.75, 3.05) is 20.8 Å². The van der Waals surface area contributed by atoms with Gasteiger partial charge in [-0.1, -0.05) is 48.5 Å². The smallest absolute Gasteiger partial charge is 0.244 e. The summed E-state index contributed by atoms with van der Waals surface area (Å²) in [4.78, 5) is 12.4. The third kappa shape index (κ3) is 6.63. The fraction of sp³-hybridized carbons (Fsp3) is 0.200. The van der Waals surface area contributed by atoms with Crippen molar-refractivity contribution >= 4 is 38.8 Å². The van der Waals surface area contributed by atoms with Crippen molar-refractivity contribution in [1.82, 2.24) is 5.43 Å². The predicted octanol–water partition coefficient (Wildman–Crippen LogP) is 6.29. The molecule has 4 rings (SSSR count). The van der Waals surface area contributed by atoms with E-state index in [1.165, 1.54) is 0 Å². The number of hydrogen-bond acceptors (Lipinski definition) is 6. The number of amides is 1. The fourth-order valence-electron chi connectivity index (χ4n) is 4.03. The maximum Gasteiger partial charge on any atom is 0.244 e. The van der Waals surface area contributed by atoms with Gasteiger partial charge >= 0.3 is 0 Å². The number of hydrazone groups is 1. The lowest BCUT2D eigenvalue weighted by atomic mass is 10.1. The van der Waals surface area contributed by atoms with Gasteiger partial charge in [0.2, 0.25) is 5.91 Å². The Kier molecular flexibility index (Phi) is 9.21. The number of fused-ring (bicyclic) bond motifs is 1. The molecule has 0 aliphatic heterocycles. The molecule has 196 valence electrons. The SMILES string of the molecule is CCOc1cc(/C=N/NC(=O)Cc2ccc(OC)c(OC)c2)cc(Br)c1OCc1cccc2ccccc12. The molecule has 0 spiro atoms. The molecule has 0 aliphatic rings. The lowest BCUT2D eigenvalue weighted by Gasteiger charge is -2.15. The van der Waals surface area contributed by atoms with E-state index in [1.54, 1.807) is 32.6 Å². The van der Waals surface area contributed by atoms with Gasteiger partial charge in [0.05, 0.1) is 37.9 Å². The number of ether oxygens (including phenoxy) is 4. The molecule has 0 aromatic heterocycles. The van der Waals surface area contributed by atoms with E-state index in [0.717, 1.165) is 31.9 Å². The van der Waals surface area contributed by atoms with Crippen LogP contribution in [0.2, 0.25) is 0 Å². The lowest BCUT2D eigenvalue weighted by Crippen LogP contribution is -2.19. The fourth-order valence-corrected chi connectivity index (χ4v) is 4.60. The first-order valence-corrected chi connectivity index (χ1v) is 12.9. The molecule has 8 heteroatoms. The number of hydrogen-bond donors (Lipinski definition) is 1. The topological polar surface area (TPSA) is 78.4 Å². The van der Waals surface area contributed by atoms with Crippen LogP contribution in [-0.4, -0.2) is 32.9 Å². The van der Waals surface area contributed by atoms with Crippen LogP contribution in [0, 0.1) is 0 Å². The maximum absolute atomic E-state index is 12.4. The van der Waals surface area contributed by atoms with Crippen LogP contribution in [-0.2, 0) is 17.8 Å². The molecule has 0 bridgehead atoms. The Labute approximate surface area is 230 Å². The molecule has 0 fully saturated rings. The summed E-state index contributed by atoms with van der Waals surface area (Å²) >= 11 is 3.61. The highest BCUT2D eigenvalue weighted by Crippen LogP contribution is 2.37. The van der Waals surface area contributed by atoms with E-state index in [1.807, 2.05) is 43.3 Å². The van der Waals surface area contributed by atoms with Crippen molar-refractivity contribution in [3.05, 3.63) is 94.0 Å². The number of benzene rings is 4. The average molecular weight is 577 g/mol. The molecule has 0 radical (unpaired) electrons. The van der Waals surface area contributed by atoms with Crippen LogP contribution in [0.1, 0.15) is 23.6 Å². The summed E-state index contributed by atoms with van der Waals surface area (Å²) in [6, 6.07) is 23.4. The molecule has 0 saturated heterocycles. The van der Waals surface area contributed by atoms with Crippen LogP contribution in [0.3, 0.4) is 0 Å². The van der Waals surface area contributed by atoms with Crippen LogP contribution in [0.5, 0.6) is 23.0 Å². The molecule has 1 amide bonds. The summed E-state index contributed by atoms with van der Waals surface area (Å²) in [5.41, 5.74) is 5.17. The lowest BCUT2D eigenvalue weighted by molar-refractivity contribution is -0.120. The minimum atomic E-state index is -0.257. The second-order valence-electron chi connectivity index (χ2n) is 8.35. The molecule has 0 heterocycles. The van der Waals surface area contributed by atoms with E-state index < -0.39 is 0 Å². The van der Waals surface area contributed by atoms with Crippen molar-refractivity contribution < 1.29 is 23.7 Å². The second kappa shape index (κ2) is 13.0. The molecule has 0 saturated carbocycles. The summed E-state index contributed by atoms with van der Waals surface area (Å²) < 4.78 is 23.3. The van der Waals surface area contributed by atoms with Crippen LogP contribution < -0.4 is 24.4 Å². The highest BCUT2D eigenvalue weighted by Gasteiger charge is 2.13. The molecule has 4 aromatic rings. The monoisotopic (exact) mass is 576 g/mol. The highest BCUT2D eigenvalue weighted by atomic mass is 79.9. The summed E-state index contributed by atoms with van der Waals surface area (Å²) in [6.45, 7) is 2.77. The van der Waals surface area contributed by atoms with E-state index in [4.69, 9.17) is 18.9 Å². The summed E-state index contributed by atoms with van der Waals surface area (Å²) in [6.07, 6.45) is 1.71. The van der Waals surface area contributed by atoms with Gasteiger partial charge < -0.3 is 18.9 Å². The Balaban J connectivity index is 1.43. The molecule has 1 N–H and O–H groups in total. The number of rotatable bonds is 11. The van der Waals surface area contributed by atoms with E-state index in [9.17, 15) is 4.79 Å². The van der Waals surface area contributed by atoms with E-state index in [2.05, 4.69) is 50.7 Å². The average Bonchev–Trinajstić information content (AvgIpc) is 2.92. The first-order valence-electron chi connectivity index (χ1n) is 12.1. The van der Waals surface area contributed by atoms with Crippen molar-refractivity contribution in [3.8, 4) is 23.0 Å². The Morgan fingerprint density at radius 2 is 1.71 bits per heavy atom. The van der Waals surface area contributed by atoms with Gasteiger partial charge in [0.15, 0.2) is 23.0 Å². The molecule has 0 atom stereocenters. The maximum atomic E-state index is 12.4. The van der Waals surface area contributed by atoms with Gasteiger partial charge in [0.25, 0.3) is 0 Å². The molecule has 0 unspecified atom stereocenters. The minimum Gasteiger partial charge on any atom is -0.493 e. The number of methoxy groups -OCH3 is 2.